The summed E-state index contributed by atoms with van der Waals surface area (Å²) in [6.45, 7) is 3.13. The molecule has 0 unspecified atom stereocenters. The van der Waals surface area contributed by atoms with Crippen molar-refractivity contribution in [3.05, 3.63) is 35.4 Å². The molecule has 2 atom stereocenters. The van der Waals surface area contributed by atoms with Crippen LogP contribution in [-0.4, -0.2) is 49.3 Å². The van der Waals surface area contributed by atoms with Gasteiger partial charge in [0.15, 0.2) is 0 Å². The van der Waals surface area contributed by atoms with Crippen LogP contribution in [0.2, 0.25) is 0 Å². The van der Waals surface area contributed by atoms with E-state index in [-0.39, 0.29) is 18.1 Å². The largest absolute Gasteiger partial charge is 0.375 e. The van der Waals surface area contributed by atoms with E-state index in [1.165, 1.54) is 0 Å². The van der Waals surface area contributed by atoms with E-state index in [1.807, 2.05) is 29.2 Å². The molecule has 2 aliphatic heterocycles. The van der Waals surface area contributed by atoms with Gasteiger partial charge in [0.2, 0.25) is 0 Å². The van der Waals surface area contributed by atoms with E-state index < -0.39 is 0 Å². The Morgan fingerprint density at radius 1 is 1.19 bits per heavy atom. The van der Waals surface area contributed by atoms with Gasteiger partial charge in [0.1, 0.15) is 6.10 Å². The minimum Gasteiger partial charge on any atom is -0.375 e. The molecule has 21 heavy (non-hydrogen) atoms. The maximum atomic E-state index is 12.6. The molecule has 0 aromatic heterocycles. The van der Waals surface area contributed by atoms with Gasteiger partial charge in [0, 0.05) is 31.8 Å². The number of carbonyl (C=O) groups excluding carboxylic acids is 1. The summed E-state index contributed by atoms with van der Waals surface area (Å²) in [6.07, 6.45) is 2.26. The van der Waals surface area contributed by atoms with Crippen LogP contribution in [0.1, 0.15) is 28.8 Å². The van der Waals surface area contributed by atoms with Crippen LogP contribution in [0, 0.1) is 0 Å². The van der Waals surface area contributed by atoms with Gasteiger partial charge in [0.05, 0.1) is 12.7 Å². The average molecular weight is 290 g/mol. The fourth-order valence-corrected chi connectivity index (χ4v) is 2.95. The number of carbonyl (C=O) groups is 1. The van der Waals surface area contributed by atoms with Crippen LogP contribution in [-0.2, 0) is 16.0 Å². The standard InChI is InChI=1S/C16H22N2O3/c17-10-12-3-5-13(6-4-12)16(19)18-7-9-21-15(11-18)14-2-1-8-20-14/h3-6,14-15H,1-2,7-11,17H2/t14-,15-/m1/s1. The van der Waals surface area contributed by atoms with Crippen molar-refractivity contribution in [3.63, 3.8) is 0 Å². The normalized spacial score (nSPS) is 26.0. The van der Waals surface area contributed by atoms with Gasteiger partial charge in [-0.1, -0.05) is 12.1 Å². The van der Waals surface area contributed by atoms with Crippen LogP contribution < -0.4 is 5.73 Å². The highest BCUT2D eigenvalue weighted by atomic mass is 16.5. The Bertz CT molecular complexity index is 483. The Balaban J connectivity index is 1.65. The fourth-order valence-electron chi connectivity index (χ4n) is 2.95. The molecule has 0 radical (unpaired) electrons. The van der Waals surface area contributed by atoms with Gasteiger partial charge in [0.25, 0.3) is 5.91 Å². The Hall–Kier alpha value is -1.43. The molecule has 0 aliphatic carbocycles. The number of benzene rings is 1. The van der Waals surface area contributed by atoms with Crippen LogP contribution in [0.3, 0.4) is 0 Å². The number of hydrogen-bond donors (Lipinski definition) is 1. The van der Waals surface area contributed by atoms with Crippen LogP contribution in [0.25, 0.3) is 0 Å². The molecule has 2 heterocycles. The third-order valence-corrected chi connectivity index (χ3v) is 4.20. The lowest BCUT2D eigenvalue weighted by molar-refractivity contribution is -0.0867. The third-order valence-electron chi connectivity index (χ3n) is 4.20. The van der Waals surface area contributed by atoms with E-state index in [0.717, 1.165) is 25.0 Å². The van der Waals surface area contributed by atoms with Crippen LogP contribution >= 0.6 is 0 Å². The van der Waals surface area contributed by atoms with E-state index >= 15 is 0 Å². The molecule has 2 saturated heterocycles. The van der Waals surface area contributed by atoms with E-state index in [9.17, 15) is 4.79 Å². The molecule has 0 bridgehead atoms. The molecule has 3 rings (SSSR count). The molecule has 2 N–H and O–H groups in total. The number of hydrogen-bond acceptors (Lipinski definition) is 4. The van der Waals surface area contributed by atoms with E-state index in [1.54, 1.807) is 0 Å². The Morgan fingerprint density at radius 2 is 1.95 bits per heavy atom. The highest BCUT2D eigenvalue weighted by molar-refractivity contribution is 5.94. The van der Waals surface area contributed by atoms with Crippen molar-refractivity contribution in [1.82, 2.24) is 4.90 Å². The van der Waals surface area contributed by atoms with Crippen LogP contribution in [0.15, 0.2) is 24.3 Å². The predicted molar refractivity (Wildman–Crippen MR) is 79.0 cm³/mol. The number of morpholine rings is 1. The topological polar surface area (TPSA) is 64.8 Å². The van der Waals surface area contributed by atoms with Crippen molar-refractivity contribution in [2.45, 2.75) is 31.6 Å². The molecule has 1 amide bonds. The quantitative estimate of drug-likeness (QED) is 0.907. The molecular formula is C16H22N2O3. The average Bonchev–Trinajstić information content (AvgIpc) is 3.09. The fraction of sp³-hybridized carbons (Fsp3) is 0.562. The number of ether oxygens (including phenoxy) is 2. The number of rotatable bonds is 3. The monoisotopic (exact) mass is 290 g/mol. The van der Waals surface area contributed by atoms with Crippen molar-refractivity contribution < 1.29 is 14.3 Å². The second-order valence-corrected chi connectivity index (χ2v) is 5.61. The second-order valence-electron chi connectivity index (χ2n) is 5.61. The molecule has 0 saturated carbocycles. The van der Waals surface area contributed by atoms with Crippen molar-refractivity contribution >= 4 is 5.91 Å². The number of amides is 1. The molecule has 1 aromatic carbocycles. The summed E-state index contributed by atoms with van der Waals surface area (Å²) >= 11 is 0. The zero-order valence-corrected chi connectivity index (χ0v) is 12.2. The maximum Gasteiger partial charge on any atom is 0.254 e. The number of nitrogens with zero attached hydrogens (tertiary/aromatic N) is 1. The van der Waals surface area contributed by atoms with Gasteiger partial charge in [-0.3, -0.25) is 4.79 Å². The summed E-state index contributed by atoms with van der Waals surface area (Å²) in [5, 5.41) is 0. The first-order valence-electron chi connectivity index (χ1n) is 7.59. The highest BCUT2D eigenvalue weighted by Gasteiger charge is 2.33. The SMILES string of the molecule is NCc1ccc(C(=O)N2CCO[C@@H]([C@H]3CCCO3)C2)cc1. The lowest BCUT2D eigenvalue weighted by Crippen LogP contribution is -2.49. The Labute approximate surface area is 125 Å². The predicted octanol–water partition coefficient (Wildman–Crippen LogP) is 1.17. The second kappa shape index (κ2) is 6.56. The minimum absolute atomic E-state index is 0.00788. The molecular weight excluding hydrogens is 268 g/mol. The summed E-state index contributed by atoms with van der Waals surface area (Å²) in [7, 11) is 0. The summed E-state index contributed by atoms with van der Waals surface area (Å²) in [4.78, 5) is 14.4. The van der Waals surface area contributed by atoms with Gasteiger partial charge in [-0.25, -0.2) is 0 Å². The lowest BCUT2D eigenvalue weighted by Gasteiger charge is -2.35. The zero-order valence-electron chi connectivity index (χ0n) is 12.2. The van der Waals surface area contributed by atoms with Crippen molar-refractivity contribution in [2.24, 2.45) is 5.73 Å². The third kappa shape index (κ3) is 3.26. The summed E-state index contributed by atoms with van der Waals surface area (Å²) < 4.78 is 11.5. The molecule has 5 nitrogen and oxygen atoms in total. The van der Waals surface area contributed by atoms with Gasteiger partial charge in [-0.15, -0.1) is 0 Å². The Morgan fingerprint density at radius 3 is 2.62 bits per heavy atom. The van der Waals surface area contributed by atoms with Crippen molar-refractivity contribution in [2.75, 3.05) is 26.3 Å². The Kier molecular flexibility index (Phi) is 4.53. The lowest BCUT2D eigenvalue weighted by atomic mass is 10.1. The molecule has 0 spiro atoms. The molecule has 2 aliphatic rings. The summed E-state index contributed by atoms with van der Waals surface area (Å²) in [5.74, 6) is 0.0601. The smallest absolute Gasteiger partial charge is 0.254 e. The first kappa shape index (κ1) is 14.5. The van der Waals surface area contributed by atoms with Crippen LogP contribution in [0.4, 0.5) is 0 Å². The van der Waals surface area contributed by atoms with Gasteiger partial charge in [-0.05, 0) is 30.5 Å². The van der Waals surface area contributed by atoms with Gasteiger partial charge < -0.3 is 20.1 Å². The van der Waals surface area contributed by atoms with Gasteiger partial charge in [-0.2, -0.15) is 0 Å². The highest BCUT2D eigenvalue weighted by Crippen LogP contribution is 2.22. The molecule has 1 aromatic rings. The van der Waals surface area contributed by atoms with Crippen molar-refractivity contribution in [3.8, 4) is 0 Å². The summed E-state index contributed by atoms with van der Waals surface area (Å²) in [5.41, 5.74) is 7.32. The van der Waals surface area contributed by atoms with E-state index in [4.69, 9.17) is 15.2 Å². The number of nitrogens with two attached hydrogens (primary N) is 1. The summed E-state index contributed by atoms with van der Waals surface area (Å²) in [6, 6.07) is 7.51. The zero-order chi connectivity index (χ0) is 14.7. The minimum atomic E-state index is 0.00788. The van der Waals surface area contributed by atoms with E-state index in [2.05, 4.69) is 0 Å². The molecule has 2 fully saturated rings. The molecule has 5 heteroatoms. The molecule has 114 valence electrons. The maximum absolute atomic E-state index is 12.6. The van der Waals surface area contributed by atoms with Crippen LogP contribution in [0.5, 0.6) is 0 Å². The van der Waals surface area contributed by atoms with E-state index in [0.29, 0.717) is 31.8 Å². The van der Waals surface area contributed by atoms with Gasteiger partial charge >= 0.3 is 0 Å². The first-order chi connectivity index (χ1) is 10.3. The van der Waals surface area contributed by atoms with Crippen molar-refractivity contribution in [1.29, 1.82) is 0 Å². The first-order valence-corrected chi connectivity index (χ1v) is 7.59.